The third-order valence-electron chi connectivity index (χ3n) is 3.60. The number of rotatable bonds is 1. The van der Waals surface area contributed by atoms with Crippen LogP contribution in [0.15, 0.2) is 6.07 Å². The number of aromatic nitrogens is 2. The van der Waals surface area contributed by atoms with Gasteiger partial charge in [0.2, 0.25) is 0 Å². The molecule has 106 valence electrons. The van der Waals surface area contributed by atoms with E-state index in [1.807, 2.05) is 6.07 Å². The zero-order valence-corrected chi connectivity index (χ0v) is 12.8. The Kier molecular flexibility index (Phi) is 3.70. The Labute approximate surface area is 116 Å². The fourth-order valence-corrected chi connectivity index (χ4v) is 2.80. The fourth-order valence-electron chi connectivity index (χ4n) is 2.80. The quantitative estimate of drug-likeness (QED) is 0.845. The zero-order chi connectivity index (χ0) is 14.2. The van der Waals surface area contributed by atoms with E-state index >= 15 is 0 Å². The Morgan fingerprint density at radius 2 is 1.74 bits per heavy atom. The van der Waals surface area contributed by atoms with Crippen molar-refractivity contribution < 1.29 is 0 Å². The van der Waals surface area contributed by atoms with Gasteiger partial charge in [0.05, 0.1) is 0 Å². The fraction of sp³-hybridized carbons (Fsp3) is 0.733. The second-order valence-electron chi connectivity index (χ2n) is 7.08. The summed E-state index contributed by atoms with van der Waals surface area (Å²) in [6.07, 6.45) is 1.29. The maximum Gasteiger partial charge on any atom is 0.138 e. The van der Waals surface area contributed by atoms with E-state index < -0.39 is 0 Å². The first kappa shape index (κ1) is 14.1. The summed E-state index contributed by atoms with van der Waals surface area (Å²) in [6.45, 7) is 13.1. The van der Waals surface area contributed by atoms with Crippen LogP contribution in [0, 0.1) is 11.8 Å². The van der Waals surface area contributed by atoms with E-state index in [-0.39, 0.29) is 5.41 Å². The van der Waals surface area contributed by atoms with Gasteiger partial charge < -0.3 is 10.6 Å². The van der Waals surface area contributed by atoms with Crippen molar-refractivity contribution in [3.05, 3.63) is 11.9 Å². The van der Waals surface area contributed by atoms with Crippen LogP contribution in [0.5, 0.6) is 0 Å². The van der Waals surface area contributed by atoms with Crippen LogP contribution in [-0.2, 0) is 5.41 Å². The van der Waals surface area contributed by atoms with Gasteiger partial charge in [-0.15, -0.1) is 0 Å². The summed E-state index contributed by atoms with van der Waals surface area (Å²) in [5, 5.41) is 0. The second-order valence-corrected chi connectivity index (χ2v) is 7.08. The molecule has 0 radical (unpaired) electrons. The smallest absolute Gasteiger partial charge is 0.138 e. The number of hydrogen-bond acceptors (Lipinski definition) is 4. The molecule has 0 aromatic carbocycles. The number of hydrogen-bond donors (Lipinski definition) is 1. The van der Waals surface area contributed by atoms with Crippen molar-refractivity contribution in [1.29, 1.82) is 0 Å². The van der Waals surface area contributed by atoms with Crippen molar-refractivity contribution in [3.63, 3.8) is 0 Å². The van der Waals surface area contributed by atoms with Crippen LogP contribution in [0.4, 0.5) is 11.6 Å². The van der Waals surface area contributed by atoms with Gasteiger partial charge in [-0.25, -0.2) is 9.97 Å². The zero-order valence-electron chi connectivity index (χ0n) is 12.8. The van der Waals surface area contributed by atoms with E-state index in [9.17, 15) is 0 Å². The van der Waals surface area contributed by atoms with Crippen molar-refractivity contribution in [2.75, 3.05) is 23.7 Å². The third kappa shape index (κ3) is 3.37. The molecule has 1 aliphatic rings. The van der Waals surface area contributed by atoms with Gasteiger partial charge in [0, 0.05) is 24.6 Å². The van der Waals surface area contributed by atoms with E-state index in [0.29, 0.717) is 17.7 Å². The molecule has 19 heavy (non-hydrogen) atoms. The molecular formula is C15H26N4. The van der Waals surface area contributed by atoms with Crippen LogP contribution in [0.3, 0.4) is 0 Å². The van der Waals surface area contributed by atoms with E-state index in [2.05, 4.69) is 44.5 Å². The predicted octanol–water partition coefficient (Wildman–Crippen LogP) is 2.84. The number of piperidine rings is 1. The van der Waals surface area contributed by atoms with E-state index in [0.717, 1.165) is 24.7 Å². The summed E-state index contributed by atoms with van der Waals surface area (Å²) in [5.41, 5.74) is 5.88. The first-order valence-electron chi connectivity index (χ1n) is 7.15. The third-order valence-corrected chi connectivity index (χ3v) is 3.60. The SMILES string of the molecule is CC1CC(C)CN(c2cc(N)nc(C(C)(C)C)n2)C1. The normalized spacial score (nSPS) is 24.6. The van der Waals surface area contributed by atoms with Crippen molar-refractivity contribution in [2.24, 2.45) is 11.8 Å². The molecule has 1 saturated heterocycles. The molecule has 2 atom stereocenters. The summed E-state index contributed by atoms with van der Waals surface area (Å²) in [5.74, 6) is 3.79. The lowest BCUT2D eigenvalue weighted by Gasteiger charge is -2.36. The molecule has 0 bridgehead atoms. The standard InChI is InChI=1S/C15H26N4/c1-10-6-11(2)9-19(8-10)13-7-12(16)17-14(18-13)15(3,4)5/h7,10-11H,6,8-9H2,1-5H3,(H2,16,17,18). The maximum atomic E-state index is 5.95. The molecule has 2 unspecified atom stereocenters. The molecule has 4 heteroatoms. The van der Waals surface area contributed by atoms with Crippen LogP contribution in [0.1, 0.15) is 46.9 Å². The monoisotopic (exact) mass is 262 g/mol. The van der Waals surface area contributed by atoms with Gasteiger partial charge in [0.25, 0.3) is 0 Å². The molecule has 1 aromatic heterocycles. The Morgan fingerprint density at radius 1 is 1.16 bits per heavy atom. The van der Waals surface area contributed by atoms with E-state index in [1.54, 1.807) is 0 Å². The van der Waals surface area contributed by atoms with Gasteiger partial charge in [-0.2, -0.15) is 0 Å². The minimum atomic E-state index is -0.0723. The second kappa shape index (κ2) is 4.99. The topological polar surface area (TPSA) is 55.0 Å². The molecule has 0 spiro atoms. The lowest BCUT2D eigenvalue weighted by Crippen LogP contribution is -2.39. The molecule has 0 saturated carbocycles. The number of nitrogen functional groups attached to an aromatic ring is 1. The average Bonchev–Trinajstić information content (AvgIpc) is 2.25. The molecule has 4 nitrogen and oxygen atoms in total. The molecule has 0 amide bonds. The Morgan fingerprint density at radius 3 is 2.26 bits per heavy atom. The lowest BCUT2D eigenvalue weighted by molar-refractivity contribution is 0.354. The van der Waals surface area contributed by atoms with Crippen LogP contribution in [0.25, 0.3) is 0 Å². The molecule has 1 aliphatic heterocycles. The first-order valence-corrected chi connectivity index (χ1v) is 7.15. The van der Waals surface area contributed by atoms with Crippen molar-refractivity contribution >= 4 is 11.6 Å². The molecule has 1 aromatic rings. The van der Waals surface area contributed by atoms with Gasteiger partial charge in [0.1, 0.15) is 17.5 Å². The molecular weight excluding hydrogens is 236 g/mol. The average molecular weight is 262 g/mol. The molecule has 2 heterocycles. The van der Waals surface area contributed by atoms with Gasteiger partial charge in [-0.05, 0) is 18.3 Å². The molecule has 2 rings (SSSR count). The van der Waals surface area contributed by atoms with E-state index in [4.69, 9.17) is 10.7 Å². The number of nitrogens with two attached hydrogens (primary N) is 1. The summed E-state index contributed by atoms with van der Waals surface area (Å²) < 4.78 is 0. The summed E-state index contributed by atoms with van der Waals surface area (Å²) in [6, 6.07) is 1.90. The van der Waals surface area contributed by atoms with Crippen LogP contribution in [0.2, 0.25) is 0 Å². The van der Waals surface area contributed by atoms with Crippen LogP contribution >= 0.6 is 0 Å². The predicted molar refractivity (Wildman–Crippen MR) is 80.3 cm³/mol. The molecule has 2 N–H and O–H groups in total. The minimum Gasteiger partial charge on any atom is -0.384 e. The summed E-state index contributed by atoms with van der Waals surface area (Å²) >= 11 is 0. The summed E-state index contributed by atoms with van der Waals surface area (Å²) in [4.78, 5) is 11.5. The highest BCUT2D eigenvalue weighted by Gasteiger charge is 2.25. The van der Waals surface area contributed by atoms with Crippen LogP contribution < -0.4 is 10.6 Å². The van der Waals surface area contributed by atoms with E-state index in [1.165, 1.54) is 6.42 Å². The van der Waals surface area contributed by atoms with Crippen molar-refractivity contribution in [2.45, 2.75) is 46.5 Å². The van der Waals surface area contributed by atoms with Gasteiger partial charge in [-0.1, -0.05) is 34.6 Å². The highest BCUT2D eigenvalue weighted by Crippen LogP contribution is 2.28. The maximum absolute atomic E-state index is 5.95. The largest absolute Gasteiger partial charge is 0.384 e. The minimum absolute atomic E-state index is 0.0723. The Bertz CT molecular complexity index is 440. The summed E-state index contributed by atoms with van der Waals surface area (Å²) in [7, 11) is 0. The first-order chi connectivity index (χ1) is 8.75. The highest BCUT2D eigenvalue weighted by atomic mass is 15.2. The van der Waals surface area contributed by atoms with Crippen molar-refractivity contribution in [3.8, 4) is 0 Å². The number of anilines is 2. The van der Waals surface area contributed by atoms with Gasteiger partial charge in [0.15, 0.2) is 0 Å². The van der Waals surface area contributed by atoms with Crippen molar-refractivity contribution in [1.82, 2.24) is 9.97 Å². The lowest BCUT2D eigenvalue weighted by atomic mass is 9.92. The van der Waals surface area contributed by atoms with Gasteiger partial charge >= 0.3 is 0 Å². The molecule has 1 fully saturated rings. The van der Waals surface area contributed by atoms with Gasteiger partial charge in [-0.3, -0.25) is 0 Å². The van der Waals surface area contributed by atoms with Crippen LogP contribution in [-0.4, -0.2) is 23.1 Å². The Balaban J connectivity index is 2.31. The Hall–Kier alpha value is -1.32. The highest BCUT2D eigenvalue weighted by molar-refractivity contribution is 5.48. The number of nitrogens with zero attached hydrogens (tertiary/aromatic N) is 3. The molecule has 0 aliphatic carbocycles.